The van der Waals surface area contributed by atoms with Gasteiger partial charge in [-0.3, -0.25) is 4.79 Å². The van der Waals surface area contributed by atoms with Crippen molar-refractivity contribution in [1.82, 2.24) is 15.3 Å². The minimum absolute atomic E-state index is 0.0938. The summed E-state index contributed by atoms with van der Waals surface area (Å²) in [5, 5.41) is 6.57. The molecule has 0 aliphatic rings. The maximum atomic E-state index is 12.6. The first-order valence-corrected chi connectivity index (χ1v) is 12.0. The van der Waals surface area contributed by atoms with Crippen LogP contribution in [-0.4, -0.2) is 35.3 Å². The van der Waals surface area contributed by atoms with Crippen molar-refractivity contribution in [1.29, 1.82) is 0 Å². The van der Waals surface area contributed by atoms with E-state index in [2.05, 4.69) is 22.2 Å². The predicted octanol–water partition coefficient (Wildman–Crippen LogP) is 5.75. The number of amides is 1. The SMILES string of the molecule is COc1nc(C)c2[nH]c(=O)c3sccc3c2c1-c1ccc([C@@H](C)CNC(=O)OC(C)(C)C)cc1. The molecule has 0 saturated heterocycles. The molecule has 0 unspecified atom stereocenters. The Morgan fingerprint density at radius 2 is 1.91 bits per heavy atom. The van der Waals surface area contributed by atoms with Crippen LogP contribution in [0.2, 0.25) is 0 Å². The molecular weight excluding hydrogens is 450 g/mol. The largest absolute Gasteiger partial charge is 0.481 e. The molecule has 3 aromatic heterocycles. The molecule has 0 spiro atoms. The van der Waals surface area contributed by atoms with Crippen molar-refractivity contribution in [2.24, 2.45) is 0 Å². The van der Waals surface area contributed by atoms with E-state index in [0.717, 1.165) is 27.5 Å². The van der Waals surface area contributed by atoms with Gasteiger partial charge in [-0.05, 0) is 56.2 Å². The van der Waals surface area contributed by atoms with Crippen molar-refractivity contribution >= 4 is 38.4 Å². The third kappa shape index (κ3) is 4.63. The molecule has 1 atom stereocenters. The van der Waals surface area contributed by atoms with E-state index in [9.17, 15) is 9.59 Å². The van der Waals surface area contributed by atoms with Gasteiger partial charge in [0.1, 0.15) is 10.3 Å². The zero-order valence-electron chi connectivity index (χ0n) is 20.2. The molecule has 7 nitrogen and oxygen atoms in total. The van der Waals surface area contributed by atoms with Gasteiger partial charge in [0.15, 0.2) is 0 Å². The van der Waals surface area contributed by atoms with Crippen LogP contribution in [0.5, 0.6) is 5.88 Å². The summed E-state index contributed by atoms with van der Waals surface area (Å²) in [5.41, 5.74) is 3.64. The minimum Gasteiger partial charge on any atom is -0.481 e. The highest BCUT2D eigenvalue weighted by Gasteiger charge is 2.20. The van der Waals surface area contributed by atoms with Gasteiger partial charge in [0.2, 0.25) is 5.88 Å². The Kier molecular flexibility index (Phi) is 6.36. The number of aromatic amines is 1. The molecule has 1 aromatic carbocycles. The summed E-state index contributed by atoms with van der Waals surface area (Å²) >= 11 is 1.42. The summed E-state index contributed by atoms with van der Waals surface area (Å²) in [6, 6.07) is 10.1. The van der Waals surface area contributed by atoms with Gasteiger partial charge in [-0.15, -0.1) is 11.3 Å². The van der Waals surface area contributed by atoms with Crippen molar-refractivity contribution in [3.8, 4) is 17.0 Å². The summed E-state index contributed by atoms with van der Waals surface area (Å²) in [7, 11) is 1.60. The molecule has 0 fully saturated rings. The number of thiophene rings is 1. The van der Waals surface area contributed by atoms with Gasteiger partial charge < -0.3 is 19.8 Å². The number of carbonyl (C=O) groups excluding carboxylic acids is 1. The average molecular weight is 480 g/mol. The molecule has 3 heterocycles. The topological polar surface area (TPSA) is 93.3 Å². The van der Waals surface area contributed by atoms with E-state index in [1.54, 1.807) is 7.11 Å². The van der Waals surface area contributed by atoms with Crippen molar-refractivity contribution in [2.75, 3.05) is 13.7 Å². The molecule has 4 rings (SSSR count). The Balaban J connectivity index is 1.70. The normalized spacial score (nSPS) is 12.6. The van der Waals surface area contributed by atoms with Gasteiger partial charge in [0.05, 0.1) is 23.9 Å². The molecule has 8 heteroatoms. The predicted molar refractivity (Wildman–Crippen MR) is 137 cm³/mol. The van der Waals surface area contributed by atoms with Crippen LogP contribution < -0.4 is 15.6 Å². The average Bonchev–Trinajstić information content (AvgIpc) is 3.28. The lowest BCUT2D eigenvalue weighted by Gasteiger charge is -2.21. The molecule has 0 aliphatic heterocycles. The van der Waals surface area contributed by atoms with Crippen molar-refractivity contribution < 1.29 is 14.3 Å². The molecule has 1 amide bonds. The van der Waals surface area contributed by atoms with Gasteiger partial charge in [-0.2, -0.15) is 0 Å². The molecule has 4 aromatic rings. The summed E-state index contributed by atoms with van der Waals surface area (Å²) in [5.74, 6) is 0.605. The number of hydrogen-bond donors (Lipinski definition) is 2. The zero-order chi connectivity index (χ0) is 24.6. The lowest BCUT2D eigenvalue weighted by molar-refractivity contribution is 0.0525. The molecule has 0 aliphatic carbocycles. The molecule has 34 heavy (non-hydrogen) atoms. The van der Waals surface area contributed by atoms with Gasteiger partial charge in [-0.1, -0.05) is 31.2 Å². The van der Waals surface area contributed by atoms with Crippen LogP contribution in [0.3, 0.4) is 0 Å². The lowest BCUT2D eigenvalue weighted by atomic mass is 9.95. The molecule has 2 N–H and O–H groups in total. The number of carbonyl (C=O) groups is 1. The van der Waals surface area contributed by atoms with Crippen molar-refractivity contribution in [3.63, 3.8) is 0 Å². The smallest absolute Gasteiger partial charge is 0.407 e. The number of pyridine rings is 2. The second-order valence-corrected chi connectivity index (χ2v) is 10.3. The number of ether oxygens (including phenoxy) is 2. The van der Waals surface area contributed by atoms with Crippen LogP contribution in [0.1, 0.15) is 44.9 Å². The maximum absolute atomic E-state index is 12.6. The molecular formula is C26H29N3O4S. The Morgan fingerprint density at radius 1 is 1.21 bits per heavy atom. The zero-order valence-corrected chi connectivity index (χ0v) is 21.1. The van der Waals surface area contributed by atoms with Crippen LogP contribution >= 0.6 is 11.3 Å². The second-order valence-electron chi connectivity index (χ2n) is 9.35. The van der Waals surface area contributed by atoms with E-state index < -0.39 is 11.7 Å². The first-order valence-electron chi connectivity index (χ1n) is 11.1. The van der Waals surface area contributed by atoms with Gasteiger partial charge in [-0.25, -0.2) is 9.78 Å². The number of nitrogens with zero attached hydrogens (tertiary/aromatic N) is 1. The Morgan fingerprint density at radius 3 is 2.56 bits per heavy atom. The fourth-order valence-electron chi connectivity index (χ4n) is 4.01. The number of benzene rings is 1. The van der Waals surface area contributed by atoms with Gasteiger partial charge in [0.25, 0.3) is 5.56 Å². The lowest BCUT2D eigenvalue weighted by Crippen LogP contribution is -2.34. The highest BCUT2D eigenvalue weighted by Crippen LogP contribution is 2.40. The highest BCUT2D eigenvalue weighted by atomic mass is 32.1. The molecule has 0 bridgehead atoms. The minimum atomic E-state index is -0.531. The van der Waals surface area contributed by atoms with E-state index >= 15 is 0 Å². The van der Waals surface area contributed by atoms with Crippen LogP contribution in [-0.2, 0) is 4.74 Å². The van der Waals surface area contributed by atoms with E-state index in [4.69, 9.17) is 9.47 Å². The van der Waals surface area contributed by atoms with Crippen LogP contribution in [0.25, 0.3) is 32.1 Å². The van der Waals surface area contributed by atoms with Crippen LogP contribution in [0.15, 0.2) is 40.5 Å². The van der Waals surface area contributed by atoms with Crippen molar-refractivity contribution in [2.45, 2.75) is 46.1 Å². The maximum Gasteiger partial charge on any atom is 0.407 e. The number of aromatic nitrogens is 2. The van der Waals surface area contributed by atoms with E-state index in [-0.39, 0.29) is 11.5 Å². The quantitative estimate of drug-likeness (QED) is 0.380. The number of rotatable bonds is 5. The highest BCUT2D eigenvalue weighted by molar-refractivity contribution is 7.17. The van der Waals surface area contributed by atoms with Gasteiger partial charge in [0, 0.05) is 17.3 Å². The van der Waals surface area contributed by atoms with E-state index in [1.165, 1.54) is 11.3 Å². The summed E-state index contributed by atoms with van der Waals surface area (Å²) < 4.78 is 11.7. The number of fused-ring (bicyclic) bond motifs is 3. The standard InChI is InChI=1S/C26H29N3O4S/c1-14(13-27-25(31)33-26(3,4)5)16-7-9-17(10-8-16)19-20-18-11-12-34-22(18)23(30)29-21(20)15(2)28-24(19)32-6/h7-12,14H,13H2,1-6H3,(H,27,31)(H,29,30)/t14-/m0/s1. The number of alkyl carbamates (subject to hydrolysis) is 1. The number of methoxy groups -OCH3 is 1. The summed E-state index contributed by atoms with van der Waals surface area (Å²) in [6.45, 7) is 9.90. The van der Waals surface area contributed by atoms with Crippen LogP contribution in [0, 0.1) is 6.92 Å². The van der Waals surface area contributed by atoms with E-state index in [0.29, 0.717) is 28.3 Å². The molecule has 178 valence electrons. The molecule has 0 radical (unpaired) electrons. The molecule has 0 saturated carbocycles. The number of nitrogens with one attached hydrogen (secondary N) is 2. The summed E-state index contributed by atoms with van der Waals surface area (Å²) in [4.78, 5) is 32.2. The Hall–Kier alpha value is -3.39. The van der Waals surface area contributed by atoms with Crippen LogP contribution in [0.4, 0.5) is 4.79 Å². The summed E-state index contributed by atoms with van der Waals surface area (Å²) in [6.07, 6.45) is -0.424. The Labute approximate surface area is 202 Å². The number of hydrogen-bond acceptors (Lipinski definition) is 6. The Bertz CT molecular complexity index is 1410. The number of H-pyrrole nitrogens is 1. The van der Waals surface area contributed by atoms with E-state index in [1.807, 2.05) is 63.4 Å². The van der Waals surface area contributed by atoms with Crippen molar-refractivity contribution in [3.05, 3.63) is 57.3 Å². The fraction of sp³-hybridized carbons (Fsp3) is 0.346. The monoisotopic (exact) mass is 479 g/mol. The van der Waals surface area contributed by atoms with Gasteiger partial charge >= 0.3 is 6.09 Å². The number of aryl methyl sites for hydroxylation is 1. The fourth-order valence-corrected chi connectivity index (χ4v) is 4.81. The second kappa shape index (κ2) is 9.10. The first-order chi connectivity index (χ1) is 16.1. The third-order valence-electron chi connectivity index (χ3n) is 5.64. The third-order valence-corrected chi connectivity index (χ3v) is 6.55. The first kappa shape index (κ1) is 23.8.